The number of fused-ring (bicyclic) bond motifs is 1. The van der Waals surface area contributed by atoms with E-state index in [1.807, 2.05) is 42.5 Å². The highest BCUT2D eigenvalue weighted by Gasteiger charge is 2.10. The number of halogens is 2. The quantitative estimate of drug-likeness (QED) is 0.478. The molecule has 0 fully saturated rings. The second-order valence-electron chi connectivity index (χ2n) is 6.23. The molecule has 0 unspecified atom stereocenters. The molecule has 0 radical (unpaired) electrons. The van der Waals surface area contributed by atoms with Gasteiger partial charge in [0.15, 0.2) is 0 Å². The van der Waals surface area contributed by atoms with E-state index in [1.54, 1.807) is 18.3 Å². The molecule has 2 N–H and O–H groups in total. The Kier molecular flexibility index (Phi) is 4.95. The van der Waals surface area contributed by atoms with E-state index in [4.69, 9.17) is 11.6 Å². The highest BCUT2D eigenvalue weighted by Crippen LogP contribution is 2.23. The zero-order valence-electron chi connectivity index (χ0n) is 14.7. The molecule has 0 saturated heterocycles. The van der Waals surface area contributed by atoms with Gasteiger partial charge in [0.2, 0.25) is 0 Å². The number of hydrogen-bond donors (Lipinski definition) is 2. The summed E-state index contributed by atoms with van der Waals surface area (Å²) < 4.78 is 15.4. The normalized spacial score (nSPS) is 10.8. The van der Waals surface area contributed by atoms with Gasteiger partial charge in [-0.15, -0.1) is 0 Å². The number of carbonyl (C=O) groups excluding carboxylic acids is 1. The highest BCUT2D eigenvalue weighted by molar-refractivity contribution is 6.31. The van der Waals surface area contributed by atoms with Crippen LogP contribution in [0.25, 0.3) is 10.8 Å². The summed E-state index contributed by atoms with van der Waals surface area (Å²) in [5, 5.41) is 12.0. The number of nitrogens with zero attached hydrogens (tertiary/aromatic N) is 2. The van der Waals surface area contributed by atoms with Gasteiger partial charge < -0.3 is 10.6 Å². The van der Waals surface area contributed by atoms with E-state index in [1.165, 1.54) is 16.9 Å². The highest BCUT2D eigenvalue weighted by atomic mass is 35.5. The molecule has 140 valence electrons. The summed E-state index contributed by atoms with van der Waals surface area (Å²) in [7, 11) is 0. The van der Waals surface area contributed by atoms with Crippen molar-refractivity contribution in [3.8, 4) is 0 Å². The Hall–Kier alpha value is -3.38. The Labute approximate surface area is 165 Å². The summed E-state index contributed by atoms with van der Waals surface area (Å²) in [4.78, 5) is 12.4. The molecular formula is C21H16ClFN4O. The van der Waals surface area contributed by atoms with Crippen LogP contribution in [-0.4, -0.2) is 15.8 Å². The van der Waals surface area contributed by atoms with Crippen molar-refractivity contribution < 1.29 is 9.18 Å². The van der Waals surface area contributed by atoms with Crippen LogP contribution < -0.4 is 10.6 Å². The van der Waals surface area contributed by atoms with Crippen molar-refractivity contribution in [1.29, 1.82) is 0 Å². The number of benzene rings is 3. The van der Waals surface area contributed by atoms with Crippen molar-refractivity contribution in [2.75, 3.05) is 10.6 Å². The van der Waals surface area contributed by atoms with Crippen molar-refractivity contribution in [2.24, 2.45) is 0 Å². The maximum atomic E-state index is 13.9. The average molecular weight is 395 g/mol. The molecule has 0 saturated carbocycles. The predicted molar refractivity (Wildman–Crippen MR) is 109 cm³/mol. The van der Waals surface area contributed by atoms with Crippen molar-refractivity contribution >= 4 is 39.8 Å². The van der Waals surface area contributed by atoms with Gasteiger partial charge in [0.25, 0.3) is 0 Å². The van der Waals surface area contributed by atoms with Gasteiger partial charge in [-0.2, -0.15) is 5.10 Å². The number of aromatic nitrogens is 2. The summed E-state index contributed by atoms with van der Waals surface area (Å²) >= 11 is 6.05. The van der Waals surface area contributed by atoms with Crippen LogP contribution in [0.5, 0.6) is 0 Å². The summed E-state index contributed by atoms with van der Waals surface area (Å²) in [6.07, 6.45) is 3.11. The number of amides is 2. The van der Waals surface area contributed by atoms with Crippen LogP contribution in [0.3, 0.4) is 0 Å². The lowest BCUT2D eigenvalue weighted by Crippen LogP contribution is -2.19. The molecule has 7 heteroatoms. The first-order valence-electron chi connectivity index (χ1n) is 8.61. The molecule has 0 spiro atoms. The van der Waals surface area contributed by atoms with Gasteiger partial charge in [0.1, 0.15) is 5.82 Å². The van der Waals surface area contributed by atoms with Gasteiger partial charge in [-0.25, -0.2) is 9.18 Å². The molecule has 3 aromatic carbocycles. The second kappa shape index (κ2) is 7.70. The fourth-order valence-electron chi connectivity index (χ4n) is 2.98. The lowest BCUT2D eigenvalue weighted by atomic mass is 10.1. The van der Waals surface area contributed by atoms with Crippen LogP contribution in [0, 0.1) is 5.82 Å². The molecular weight excluding hydrogens is 379 g/mol. The fraction of sp³-hybridized carbons (Fsp3) is 0.0476. The maximum absolute atomic E-state index is 13.9. The SMILES string of the molecule is O=C(Nc1cnn(Cc2c(F)cccc2Cl)c1)Nc1cccc2ccccc12. The zero-order chi connectivity index (χ0) is 19.5. The van der Waals surface area contributed by atoms with Gasteiger partial charge in [-0.3, -0.25) is 4.68 Å². The van der Waals surface area contributed by atoms with E-state index in [2.05, 4.69) is 15.7 Å². The second-order valence-corrected chi connectivity index (χ2v) is 6.64. The van der Waals surface area contributed by atoms with Crippen LogP contribution in [-0.2, 0) is 6.54 Å². The molecule has 0 aliphatic rings. The largest absolute Gasteiger partial charge is 0.323 e. The molecule has 0 atom stereocenters. The van der Waals surface area contributed by atoms with Crippen LogP contribution in [0.1, 0.15) is 5.56 Å². The molecule has 0 bridgehead atoms. The molecule has 4 aromatic rings. The number of hydrogen-bond acceptors (Lipinski definition) is 2. The van der Waals surface area contributed by atoms with Gasteiger partial charge in [0, 0.05) is 22.2 Å². The van der Waals surface area contributed by atoms with E-state index < -0.39 is 5.82 Å². The average Bonchev–Trinajstić information content (AvgIpc) is 3.12. The minimum Gasteiger partial charge on any atom is -0.307 e. The third-order valence-corrected chi connectivity index (χ3v) is 4.66. The first-order valence-corrected chi connectivity index (χ1v) is 8.99. The topological polar surface area (TPSA) is 59.0 Å². The zero-order valence-corrected chi connectivity index (χ0v) is 15.4. The van der Waals surface area contributed by atoms with Crippen LogP contribution in [0.4, 0.5) is 20.6 Å². The lowest BCUT2D eigenvalue weighted by Gasteiger charge is -2.09. The number of carbonyl (C=O) groups is 1. The molecule has 0 aliphatic heterocycles. The number of anilines is 2. The minimum atomic E-state index is -0.397. The molecule has 28 heavy (non-hydrogen) atoms. The Morgan fingerprint density at radius 3 is 2.68 bits per heavy atom. The molecule has 0 aliphatic carbocycles. The summed E-state index contributed by atoms with van der Waals surface area (Å²) in [5.41, 5.74) is 1.55. The summed E-state index contributed by atoms with van der Waals surface area (Å²) in [5.74, 6) is -0.397. The molecule has 4 rings (SSSR count). The van der Waals surface area contributed by atoms with Crippen molar-refractivity contribution in [3.05, 3.63) is 89.5 Å². The first-order chi connectivity index (χ1) is 13.6. The Balaban J connectivity index is 1.46. The number of urea groups is 1. The van der Waals surface area contributed by atoms with Crippen molar-refractivity contribution in [3.63, 3.8) is 0 Å². The third kappa shape index (κ3) is 3.82. The monoisotopic (exact) mass is 394 g/mol. The fourth-order valence-corrected chi connectivity index (χ4v) is 3.20. The van der Waals surface area contributed by atoms with Gasteiger partial charge >= 0.3 is 6.03 Å². The van der Waals surface area contributed by atoms with Crippen LogP contribution in [0.15, 0.2) is 73.1 Å². The van der Waals surface area contributed by atoms with Crippen molar-refractivity contribution in [2.45, 2.75) is 6.54 Å². The Bertz CT molecular complexity index is 1130. The standard InChI is InChI=1S/C21H16ClFN4O/c22-18-8-4-9-19(23)17(18)13-27-12-15(11-24-27)25-21(28)26-20-10-3-6-14-5-1-2-7-16(14)20/h1-12H,13H2,(H2,25,26,28). The van der Waals surface area contributed by atoms with E-state index in [0.29, 0.717) is 22.0 Å². The minimum absolute atomic E-state index is 0.165. The van der Waals surface area contributed by atoms with E-state index in [-0.39, 0.29) is 12.6 Å². The van der Waals surface area contributed by atoms with E-state index >= 15 is 0 Å². The Morgan fingerprint density at radius 2 is 1.82 bits per heavy atom. The lowest BCUT2D eigenvalue weighted by molar-refractivity contribution is 0.262. The van der Waals surface area contributed by atoms with E-state index in [9.17, 15) is 9.18 Å². The smallest absolute Gasteiger partial charge is 0.307 e. The Morgan fingerprint density at radius 1 is 1.04 bits per heavy atom. The van der Waals surface area contributed by atoms with Crippen LogP contribution >= 0.6 is 11.6 Å². The van der Waals surface area contributed by atoms with Gasteiger partial charge in [-0.1, -0.05) is 54.1 Å². The summed E-state index contributed by atoms with van der Waals surface area (Å²) in [6.45, 7) is 0.165. The molecule has 2 amide bonds. The van der Waals surface area contributed by atoms with Gasteiger partial charge in [0.05, 0.1) is 24.1 Å². The third-order valence-electron chi connectivity index (χ3n) is 4.31. The predicted octanol–water partition coefficient (Wildman–Crippen LogP) is 5.52. The van der Waals surface area contributed by atoms with E-state index in [0.717, 1.165) is 10.8 Å². The number of rotatable bonds is 4. The first kappa shape index (κ1) is 18.0. The van der Waals surface area contributed by atoms with Gasteiger partial charge in [-0.05, 0) is 23.6 Å². The number of nitrogens with one attached hydrogen (secondary N) is 2. The molecule has 1 aromatic heterocycles. The van der Waals surface area contributed by atoms with Crippen LogP contribution in [0.2, 0.25) is 5.02 Å². The van der Waals surface area contributed by atoms with Crippen molar-refractivity contribution in [1.82, 2.24) is 9.78 Å². The maximum Gasteiger partial charge on any atom is 0.323 e. The summed E-state index contributed by atoms with van der Waals surface area (Å²) in [6, 6.07) is 17.6. The molecule has 5 nitrogen and oxygen atoms in total. The molecule has 1 heterocycles.